The Morgan fingerprint density at radius 2 is 1.78 bits per heavy atom. The van der Waals surface area contributed by atoms with E-state index < -0.39 is 0 Å². The van der Waals surface area contributed by atoms with Gasteiger partial charge in [0.1, 0.15) is 5.15 Å². The summed E-state index contributed by atoms with van der Waals surface area (Å²) in [6.07, 6.45) is 1.87. The number of benzene rings is 1. The molecule has 0 saturated carbocycles. The minimum Gasteiger partial charge on any atom is -0.232 e. The largest absolute Gasteiger partial charge is 0.232 e. The van der Waals surface area contributed by atoms with Crippen molar-refractivity contribution in [3.05, 3.63) is 44.6 Å². The van der Waals surface area contributed by atoms with Gasteiger partial charge in [-0.2, -0.15) is 0 Å². The van der Waals surface area contributed by atoms with Gasteiger partial charge in [0.2, 0.25) is 0 Å². The van der Waals surface area contributed by atoms with E-state index in [1.165, 1.54) is 0 Å². The Kier molecular flexibility index (Phi) is 4.60. The van der Waals surface area contributed by atoms with Gasteiger partial charge in [-0.05, 0) is 46.6 Å². The molecule has 0 radical (unpaired) electrons. The molecule has 94 valence electrons. The molecule has 2 rings (SSSR count). The van der Waals surface area contributed by atoms with E-state index in [9.17, 15) is 0 Å². The Labute approximate surface area is 124 Å². The van der Waals surface area contributed by atoms with E-state index in [-0.39, 0.29) is 0 Å². The van der Waals surface area contributed by atoms with Crippen LogP contribution in [0.15, 0.2) is 28.7 Å². The molecule has 0 saturated heterocycles. The van der Waals surface area contributed by atoms with Gasteiger partial charge in [-0.3, -0.25) is 0 Å². The zero-order chi connectivity index (χ0) is 13.1. The molecule has 0 spiro atoms. The van der Waals surface area contributed by atoms with Gasteiger partial charge in [0.15, 0.2) is 5.82 Å². The summed E-state index contributed by atoms with van der Waals surface area (Å²) >= 11 is 15.4. The monoisotopic (exact) mass is 344 g/mol. The molecule has 1 aromatic carbocycles. The van der Waals surface area contributed by atoms with Gasteiger partial charge in [0.25, 0.3) is 0 Å². The average Bonchev–Trinajstić information content (AvgIpc) is 2.36. The number of nitrogens with zero attached hydrogens (tertiary/aromatic N) is 2. The Morgan fingerprint density at radius 3 is 2.39 bits per heavy atom. The molecule has 0 amide bonds. The third-order valence-corrected chi connectivity index (χ3v) is 4.06. The first-order valence-electron chi connectivity index (χ1n) is 5.59. The molecule has 0 atom stereocenters. The highest BCUT2D eigenvalue weighted by Crippen LogP contribution is 2.28. The highest BCUT2D eigenvalue weighted by atomic mass is 79.9. The van der Waals surface area contributed by atoms with Gasteiger partial charge in [-0.15, -0.1) is 0 Å². The Balaban J connectivity index is 2.48. The first-order chi connectivity index (χ1) is 8.61. The van der Waals surface area contributed by atoms with Crippen LogP contribution < -0.4 is 0 Å². The lowest BCUT2D eigenvalue weighted by atomic mass is 10.2. The molecular formula is C13H11BrCl2N2. The summed E-state index contributed by atoms with van der Waals surface area (Å²) in [5.41, 5.74) is 1.84. The van der Waals surface area contributed by atoms with Crippen molar-refractivity contribution in [2.24, 2.45) is 0 Å². The summed E-state index contributed by atoms with van der Waals surface area (Å²) in [6.45, 7) is 2.10. The van der Waals surface area contributed by atoms with Gasteiger partial charge >= 0.3 is 0 Å². The molecule has 0 unspecified atom stereocenters. The summed E-state index contributed by atoms with van der Waals surface area (Å²) in [5, 5.41) is 1.13. The lowest BCUT2D eigenvalue weighted by molar-refractivity contribution is 0.868. The molecule has 0 aliphatic rings. The summed E-state index contributed by atoms with van der Waals surface area (Å²) < 4.78 is 0.781. The Morgan fingerprint density at radius 1 is 1.11 bits per heavy atom. The molecule has 1 heterocycles. The minimum atomic E-state index is 0.443. The predicted molar refractivity (Wildman–Crippen MR) is 79.2 cm³/mol. The van der Waals surface area contributed by atoms with E-state index in [1.807, 2.05) is 24.3 Å². The van der Waals surface area contributed by atoms with Gasteiger partial charge in [0, 0.05) is 10.6 Å². The smallest absolute Gasteiger partial charge is 0.161 e. The topological polar surface area (TPSA) is 25.8 Å². The van der Waals surface area contributed by atoms with E-state index in [4.69, 9.17) is 23.2 Å². The maximum absolute atomic E-state index is 6.11. The fourth-order valence-corrected chi connectivity index (χ4v) is 2.28. The number of hydrogen-bond acceptors (Lipinski definition) is 2. The van der Waals surface area contributed by atoms with Crippen molar-refractivity contribution in [2.75, 3.05) is 0 Å². The molecule has 0 aliphatic carbocycles. The molecule has 1 aromatic heterocycles. The quantitative estimate of drug-likeness (QED) is 0.717. The zero-order valence-corrected chi connectivity index (χ0v) is 12.8. The van der Waals surface area contributed by atoms with Crippen LogP contribution in [-0.4, -0.2) is 9.97 Å². The molecule has 0 bridgehead atoms. The van der Waals surface area contributed by atoms with Crippen LogP contribution in [0.25, 0.3) is 11.4 Å². The van der Waals surface area contributed by atoms with Crippen molar-refractivity contribution >= 4 is 39.1 Å². The van der Waals surface area contributed by atoms with Crippen LogP contribution in [0.5, 0.6) is 0 Å². The summed E-state index contributed by atoms with van der Waals surface area (Å²) in [7, 11) is 0. The Hall–Kier alpha value is -0.640. The maximum Gasteiger partial charge on any atom is 0.161 e. The van der Waals surface area contributed by atoms with Crippen LogP contribution in [0.3, 0.4) is 0 Å². The molecule has 0 fully saturated rings. The van der Waals surface area contributed by atoms with Crippen molar-refractivity contribution in [1.82, 2.24) is 9.97 Å². The summed E-state index contributed by atoms with van der Waals surface area (Å²) in [5.74, 6) is 0.628. The van der Waals surface area contributed by atoms with Crippen molar-refractivity contribution in [1.29, 1.82) is 0 Å². The fraction of sp³-hybridized carbons (Fsp3) is 0.231. The third-order valence-electron chi connectivity index (χ3n) is 2.47. The second kappa shape index (κ2) is 6.00. The number of rotatable bonds is 3. The van der Waals surface area contributed by atoms with Crippen molar-refractivity contribution < 1.29 is 0 Å². The van der Waals surface area contributed by atoms with E-state index in [0.717, 1.165) is 28.6 Å². The number of hydrogen-bond donors (Lipinski definition) is 0. The van der Waals surface area contributed by atoms with E-state index >= 15 is 0 Å². The average molecular weight is 346 g/mol. The lowest BCUT2D eigenvalue weighted by Crippen LogP contribution is -1.98. The van der Waals surface area contributed by atoms with Crippen LogP contribution in [0.1, 0.15) is 19.0 Å². The molecule has 2 nitrogen and oxygen atoms in total. The first-order valence-corrected chi connectivity index (χ1v) is 7.14. The van der Waals surface area contributed by atoms with Gasteiger partial charge < -0.3 is 0 Å². The molecule has 2 aromatic rings. The van der Waals surface area contributed by atoms with Crippen LogP contribution in [-0.2, 0) is 6.42 Å². The third kappa shape index (κ3) is 3.02. The number of aryl methyl sites for hydroxylation is 1. The second-order valence-electron chi connectivity index (χ2n) is 3.86. The van der Waals surface area contributed by atoms with E-state index in [1.54, 1.807) is 0 Å². The normalized spacial score (nSPS) is 10.7. The molecule has 5 heteroatoms. The van der Waals surface area contributed by atoms with Crippen molar-refractivity contribution in [3.8, 4) is 11.4 Å². The number of halogens is 3. The molecule has 0 N–H and O–H groups in total. The predicted octanol–water partition coefficient (Wildman–Crippen LogP) is 5.17. The highest BCUT2D eigenvalue weighted by Gasteiger charge is 2.11. The molecular weight excluding hydrogens is 335 g/mol. The fourth-order valence-electron chi connectivity index (χ4n) is 1.59. The lowest BCUT2D eigenvalue weighted by Gasteiger charge is -2.07. The van der Waals surface area contributed by atoms with Crippen LogP contribution in [0.4, 0.5) is 0 Å². The maximum atomic E-state index is 6.11. The van der Waals surface area contributed by atoms with Crippen molar-refractivity contribution in [2.45, 2.75) is 19.8 Å². The van der Waals surface area contributed by atoms with Gasteiger partial charge in [0.05, 0.1) is 10.2 Å². The minimum absolute atomic E-state index is 0.443. The molecule has 18 heavy (non-hydrogen) atoms. The zero-order valence-electron chi connectivity index (χ0n) is 9.75. The molecule has 0 aliphatic heterocycles. The Bertz CT molecular complexity index is 556. The van der Waals surface area contributed by atoms with E-state index in [2.05, 4.69) is 32.8 Å². The van der Waals surface area contributed by atoms with Crippen LogP contribution in [0.2, 0.25) is 10.2 Å². The first kappa shape index (κ1) is 13.8. The van der Waals surface area contributed by atoms with Gasteiger partial charge in [-0.1, -0.05) is 36.5 Å². The SMILES string of the molecule is CCCc1nc(-c2ccc(Cl)cc2)nc(Cl)c1Br. The second-order valence-corrected chi connectivity index (χ2v) is 5.44. The van der Waals surface area contributed by atoms with Gasteiger partial charge in [-0.25, -0.2) is 9.97 Å². The highest BCUT2D eigenvalue weighted by molar-refractivity contribution is 9.10. The van der Waals surface area contributed by atoms with Crippen molar-refractivity contribution in [3.63, 3.8) is 0 Å². The standard InChI is InChI=1S/C13H11BrCl2N2/c1-2-3-10-11(14)12(16)18-13(17-10)8-4-6-9(15)7-5-8/h4-7H,2-3H2,1H3. The number of aromatic nitrogens is 2. The summed E-state index contributed by atoms with van der Waals surface area (Å²) in [4.78, 5) is 8.82. The van der Waals surface area contributed by atoms with E-state index in [0.29, 0.717) is 16.0 Å². The van der Waals surface area contributed by atoms with Crippen LogP contribution >= 0.6 is 39.1 Å². The van der Waals surface area contributed by atoms with Crippen LogP contribution in [0, 0.1) is 0 Å². The summed E-state index contributed by atoms with van der Waals surface area (Å²) in [6, 6.07) is 7.40.